The zero-order chi connectivity index (χ0) is 19.1. The highest BCUT2D eigenvalue weighted by atomic mass is 16.5. The molecule has 0 spiro atoms. The summed E-state index contributed by atoms with van der Waals surface area (Å²) in [5, 5.41) is 13.8. The molecular weight excluding hydrogens is 344 g/mol. The SMILES string of the molecule is COC(=O)c1ccccc1NC(=O)c1ccc(NCc2ccccc2)nn1. The van der Waals surface area contributed by atoms with Gasteiger partial charge in [-0.1, -0.05) is 42.5 Å². The molecule has 0 fully saturated rings. The van der Waals surface area contributed by atoms with Crippen molar-refractivity contribution >= 4 is 23.4 Å². The van der Waals surface area contributed by atoms with E-state index in [4.69, 9.17) is 4.74 Å². The second-order valence-corrected chi connectivity index (χ2v) is 5.63. The Labute approximate surface area is 156 Å². The Bertz CT molecular complexity index is 927. The van der Waals surface area contributed by atoms with Crippen LogP contribution in [0, 0.1) is 0 Å². The molecule has 2 N–H and O–H groups in total. The standard InChI is InChI=1S/C20H18N4O3/c1-27-20(26)15-9-5-6-10-16(15)22-19(25)17-11-12-18(24-23-17)21-13-14-7-3-2-4-8-14/h2-12H,13H2,1H3,(H,21,24)(H,22,25). The average molecular weight is 362 g/mol. The Balaban J connectivity index is 1.65. The number of anilines is 2. The lowest BCUT2D eigenvalue weighted by atomic mass is 10.1. The normalized spacial score (nSPS) is 10.1. The Hall–Kier alpha value is -3.74. The summed E-state index contributed by atoms with van der Waals surface area (Å²) in [6.45, 7) is 0.605. The second-order valence-electron chi connectivity index (χ2n) is 5.63. The number of hydrogen-bond donors (Lipinski definition) is 2. The van der Waals surface area contributed by atoms with Crippen LogP contribution in [0.15, 0.2) is 66.7 Å². The van der Waals surface area contributed by atoms with Gasteiger partial charge in [0.05, 0.1) is 18.4 Å². The van der Waals surface area contributed by atoms with E-state index in [1.54, 1.807) is 36.4 Å². The van der Waals surface area contributed by atoms with Crippen molar-refractivity contribution in [3.63, 3.8) is 0 Å². The van der Waals surface area contributed by atoms with Crippen LogP contribution in [0.1, 0.15) is 26.4 Å². The number of para-hydroxylation sites is 1. The number of methoxy groups -OCH3 is 1. The third-order valence-corrected chi connectivity index (χ3v) is 3.79. The molecule has 0 saturated carbocycles. The molecule has 0 bridgehead atoms. The summed E-state index contributed by atoms with van der Waals surface area (Å²) in [7, 11) is 1.29. The van der Waals surface area contributed by atoms with E-state index in [0.29, 0.717) is 18.1 Å². The van der Waals surface area contributed by atoms with Crippen LogP contribution in [0.5, 0.6) is 0 Å². The molecule has 0 saturated heterocycles. The lowest BCUT2D eigenvalue weighted by molar-refractivity contribution is 0.0602. The van der Waals surface area contributed by atoms with Crippen molar-refractivity contribution in [1.29, 1.82) is 0 Å². The fourth-order valence-electron chi connectivity index (χ4n) is 2.40. The van der Waals surface area contributed by atoms with E-state index in [9.17, 15) is 9.59 Å². The highest BCUT2D eigenvalue weighted by Crippen LogP contribution is 2.17. The third kappa shape index (κ3) is 4.66. The molecule has 1 amide bonds. The molecule has 0 aliphatic heterocycles. The fourth-order valence-corrected chi connectivity index (χ4v) is 2.40. The monoisotopic (exact) mass is 362 g/mol. The molecule has 0 aliphatic rings. The molecule has 7 nitrogen and oxygen atoms in total. The average Bonchev–Trinajstić information content (AvgIpc) is 2.73. The molecule has 2 aromatic carbocycles. The summed E-state index contributed by atoms with van der Waals surface area (Å²) in [6.07, 6.45) is 0. The van der Waals surface area contributed by atoms with Crippen LogP contribution in [0.4, 0.5) is 11.5 Å². The molecule has 0 atom stereocenters. The van der Waals surface area contributed by atoms with Crippen LogP contribution >= 0.6 is 0 Å². The molecule has 1 heterocycles. The first-order chi connectivity index (χ1) is 13.2. The second kappa shape index (κ2) is 8.57. The van der Waals surface area contributed by atoms with Crippen LogP contribution in [0.25, 0.3) is 0 Å². The van der Waals surface area contributed by atoms with Gasteiger partial charge in [0, 0.05) is 6.54 Å². The molecule has 0 unspecified atom stereocenters. The number of rotatable bonds is 6. The molecule has 0 aliphatic carbocycles. The van der Waals surface area contributed by atoms with Gasteiger partial charge < -0.3 is 15.4 Å². The van der Waals surface area contributed by atoms with Crippen LogP contribution in [0.3, 0.4) is 0 Å². The highest BCUT2D eigenvalue weighted by Gasteiger charge is 2.15. The van der Waals surface area contributed by atoms with Crippen molar-refractivity contribution in [2.75, 3.05) is 17.7 Å². The van der Waals surface area contributed by atoms with Crippen molar-refractivity contribution in [3.05, 3.63) is 83.6 Å². The molecule has 3 aromatic rings. The van der Waals surface area contributed by atoms with Crippen molar-refractivity contribution in [3.8, 4) is 0 Å². The number of amides is 1. The molecule has 7 heteroatoms. The highest BCUT2D eigenvalue weighted by molar-refractivity contribution is 6.07. The van der Waals surface area contributed by atoms with Gasteiger partial charge in [-0.25, -0.2) is 4.79 Å². The van der Waals surface area contributed by atoms with Crippen molar-refractivity contribution in [2.24, 2.45) is 0 Å². The number of nitrogens with zero attached hydrogens (tertiary/aromatic N) is 2. The minimum atomic E-state index is -0.530. The topological polar surface area (TPSA) is 93.2 Å². The van der Waals surface area contributed by atoms with Gasteiger partial charge >= 0.3 is 5.97 Å². The summed E-state index contributed by atoms with van der Waals surface area (Å²) >= 11 is 0. The van der Waals surface area contributed by atoms with Gasteiger partial charge in [-0.15, -0.1) is 10.2 Å². The fraction of sp³-hybridized carbons (Fsp3) is 0.100. The summed E-state index contributed by atoms with van der Waals surface area (Å²) in [6, 6.07) is 19.7. The van der Waals surface area contributed by atoms with Gasteiger partial charge in [-0.05, 0) is 29.8 Å². The molecule has 0 radical (unpaired) electrons. The lowest BCUT2D eigenvalue weighted by Gasteiger charge is -2.09. The number of benzene rings is 2. The Morgan fingerprint density at radius 1 is 0.926 bits per heavy atom. The maximum atomic E-state index is 12.4. The quantitative estimate of drug-likeness (QED) is 0.655. The van der Waals surface area contributed by atoms with Gasteiger partial charge in [-0.2, -0.15) is 0 Å². The maximum Gasteiger partial charge on any atom is 0.339 e. The maximum absolute atomic E-state index is 12.4. The third-order valence-electron chi connectivity index (χ3n) is 3.79. The number of nitrogens with one attached hydrogen (secondary N) is 2. The van der Waals surface area contributed by atoms with Crippen molar-refractivity contribution in [1.82, 2.24) is 10.2 Å². The first-order valence-corrected chi connectivity index (χ1v) is 8.27. The number of aromatic nitrogens is 2. The predicted octanol–water partition coefficient (Wildman–Crippen LogP) is 3.13. The van der Waals surface area contributed by atoms with E-state index in [2.05, 4.69) is 20.8 Å². The summed E-state index contributed by atoms with van der Waals surface area (Å²) in [4.78, 5) is 24.2. The number of esters is 1. The van der Waals surface area contributed by atoms with Gasteiger partial charge in [0.15, 0.2) is 5.69 Å². The Kier molecular flexibility index (Phi) is 5.73. The van der Waals surface area contributed by atoms with Crippen LogP contribution < -0.4 is 10.6 Å². The summed E-state index contributed by atoms with van der Waals surface area (Å²) < 4.78 is 4.72. The van der Waals surface area contributed by atoms with Gasteiger partial charge in [0.25, 0.3) is 5.91 Å². The van der Waals surface area contributed by atoms with Crippen LogP contribution in [-0.2, 0) is 11.3 Å². The van der Waals surface area contributed by atoms with E-state index < -0.39 is 11.9 Å². The first-order valence-electron chi connectivity index (χ1n) is 8.27. The minimum Gasteiger partial charge on any atom is -0.465 e. The smallest absolute Gasteiger partial charge is 0.339 e. The van der Waals surface area contributed by atoms with Crippen molar-refractivity contribution in [2.45, 2.75) is 6.54 Å². The van der Waals surface area contributed by atoms with Crippen molar-refractivity contribution < 1.29 is 14.3 Å². The molecule has 27 heavy (non-hydrogen) atoms. The molecule has 3 rings (SSSR count). The first kappa shape index (κ1) is 18.1. The van der Waals surface area contributed by atoms with Crippen LogP contribution in [-0.4, -0.2) is 29.2 Å². The van der Waals surface area contributed by atoms with E-state index in [1.165, 1.54) is 7.11 Å². The number of ether oxygens (including phenoxy) is 1. The Morgan fingerprint density at radius 2 is 1.67 bits per heavy atom. The molecular formula is C20H18N4O3. The number of hydrogen-bond acceptors (Lipinski definition) is 6. The van der Waals surface area contributed by atoms with Gasteiger partial charge in [0.2, 0.25) is 0 Å². The minimum absolute atomic E-state index is 0.139. The number of carbonyl (C=O) groups excluding carboxylic acids is 2. The van der Waals surface area contributed by atoms with E-state index >= 15 is 0 Å². The van der Waals surface area contributed by atoms with E-state index in [1.807, 2.05) is 30.3 Å². The van der Waals surface area contributed by atoms with E-state index in [0.717, 1.165) is 5.56 Å². The molecule has 1 aromatic heterocycles. The summed E-state index contributed by atoms with van der Waals surface area (Å²) in [5.74, 6) is -0.434. The lowest BCUT2D eigenvalue weighted by Crippen LogP contribution is -2.17. The predicted molar refractivity (Wildman–Crippen MR) is 102 cm³/mol. The van der Waals surface area contributed by atoms with Gasteiger partial charge in [0.1, 0.15) is 5.82 Å². The molecule has 136 valence electrons. The van der Waals surface area contributed by atoms with Gasteiger partial charge in [-0.3, -0.25) is 4.79 Å². The number of carbonyl (C=O) groups is 2. The zero-order valence-electron chi connectivity index (χ0n) is 14.7. The zero-order valence-corrected chi connectivity index (χ0v) is 14.7. The summed E-state index contributed by atoms with van der Waals surface area (Å²) in [5.41, 5.74) is 1.87. The van der Waals surface area contributed by atoms with E-state index in [-0.39, 0.29) is 11.3 Å². The largest absolute Gasteiger partial charge is 0.465 e. The van der Waals surface area contributed by atoms with Crippen LogP contribution in [0.2, 0.25) is 0 Å². The Morgan fingerprint density at radius 3 is 2.37 bits per heavy atom.